The van der Waals surface area contributed by atoms with E-state index in [1.54, 1.807) is 24.3 Å². The number of amides is 1. The molecule has 1 aromatic carbocycles. The Balaban J connectivity index is 1.97. The summed E-state index contributed by atoms with van der Waals surface area (Å²) in [5.41, 5.74) is 0.955. The summed E-state index contributed by atoms with van der Waals surface area (Å²) in [6, 6.07) is 6.68. The van der Waals surface area contributed by atoms with E-state index in [-0.39, 0.29) is 16.8 Å². The number of nitrogens with one attached hydrogen (secondary N) is 2. The van der Waals surface area contributed by atoms with Gasteiger partial charge in [-0.2, -0.15) is 0 Å². The molecule has 150 valence electrons. The van der Waals surface area contributed by atoms with Crippen molar-refractivity contribution in [3.8, 4) is 0 Å². The van der Waals surface area contributed by atoms with Crippen molar-refractivity contribution in [3.63, 3.8) is 0 Å². The van der Waals surface area contributed by atoms with Crippen molar-refractivity contribution in [3.05, 3.63) is 29.8 Å². The van der Waals surface area contributed by atoms with Crippen LogP contribution in [-0.4, -0.2) is 55.7 Å². The van der Waals surface area contributed by atoms with E-state index < -0.39 is 10.0 Å². The molecule has 0 atom stereocenters. The Labute approximate surface area is 162 Å². The fraction of sp³-hybridized carbons (Fsp3) is 0.579. The quantitative estimate of drug-likeness (QED) is 0.595. The Hall–Kier alpha value is -2.09. The molecule has 0 bridgehead atoms. The standard InChI is InChI=1S/C19H30N4O3S/c1-3-4-5-6-13-22-14-15-23(19(22)20)27(25,26)18-9-7-17(8-10-18)11-12-21-16(2)24/h7-10,20H,3-6,11-15H2,1-2H3,(H,21,24). The fourth-order valence-corrected chi connectivity index (χ4v) is 4.50. The molecule has 0 saturated carbocycles. The number of nitrogens with zero attached hydrogens (tertiary/aromatic N) is 2. The summed E-state index contributed by atoms with van der Waals surface area (Å²) in [5, 5.41) is 11.0. The van der Waals surface area contributed by atoms with E-state index in [1.807, 2.05) is 4.90 Å². The van der Waals surface area contributed by atoms with Crippen LogP contribution in [0, 0.1) is 5.41 Å². The lowest BCUT2D eigenvalue weighted by Crippen LogP contribution is -2.37. The minimum atomic E-state index is -3.71. The number of unbranched alkanes of at least 4 members (excludes halogenated alkanes) is 3. The molecule has 2 N–H and O–H groups in total. The molecule has 1 aliphatic heterocycles. The van der Waals surface area contributed by atoms with Crippen LogP contribution in [0.5, 0.6) is 0 Å². The summed E-state index contributed by atoms with van der Waals surface area (Å²) < 4.78 is 27.0. The van der Waals surface area contributed by atoms with Gasteiger partial charge in [0.15, 0.2) is 0 Å². The van der Waals surface area contributed by atoms with Crippen molar-refractivity contribution in [1.82, 2.24) is 14.5 Å². The van der Waals surface area contributed by atoms with Crippen LogP contribution < -0.4 is 5.32 Å². The van der Waals surface area contributed by atoms with Crippen LogP contribution in [0.4, 0.5) is 0 Å². The van der Waals surface area contributed by atoms with E-state index in [9.17, 15) is 13.2 Å². The van der Waals surface area contributed by atoms with Crippen molar-refractivity contribution >= 4 is 21.9 Å². The summed E-state index contributed by atoms with van der Waals surface area (Å²) in [7, 11) is -3.71. The van der Waals surface area contributed by atoms with Crippen LogP contribution in [-0.2, 0) is 21.2 Å². The number of carbonyl (C=O) groups is 1. The number of guanidine groups is 1. The molecule has 1 saturated heterocycles. The number of benzene rings is 1. The first-order valence-corrected chi connectivity index (χ1v) is 11.0. The number of carbonyl (C=O) groups excluding carboxylic acids is 1. The van der Waals surface area contributed by atoms with Crippen LogP contribution >= 0.6 is 0 Å². The number of hydrogen-bond acceptors (Lipinski definition) is 4. The Morgan fingerprint density at radius 1 is 1.15 bits per heavy atom. The average Bonchev–Trinajstić information content (AvgIpc) is 3.00. The maximum Gasteiger partial charge on any atom is 0.266 e. The average molecular weight is 395 g/mol. The molecule has 1 amide bonds. The smallest absolute Gasteiger partial charge is 0.266 e. The molecular weight excluding hydrogens is 364 g/mol. The second-order valence-electron chi connectivity index (χ2n) is 6.83. The van der Waals surface area contributed by atoms with Crippen molar-refractivity contribution in [1.29, 1.82) is 5.41 Å². The molecule has 1 aliphatic rings. The van der Waals surface area contributed by atoms with Gasteiger partial charge < -0.3 is 10.2 Å². The summed E-state index contributed by atoms with van der Waals surface area (Å²) in [5.74, 6) is -0.0118. The maximum absolute atomic E-state index is 12.9. The van der Waals surface area contributed by atoms with Crippen molar-refractivity contribution in [2.75, 3.05) is 26.2 Å². The first kappa shape index (κ1) is 21.2. The third kappa shape index (κ3) is 5.69. The monoisotopic (exact) mass is 394 g/mol. The SMILES string of the molecule is CCCCCCN1CCN(S(=O)(=O)c2ccc(CCNC(C)=O)cc2)C1=N. The van der Waals surface area contributed by atoms with Gasteiger partial charge in [-0.1, -0.05) is 38.3 Å². The zero-order valence-corrected chi connectivity index (χ0v) is 17.0. The molecule has 2 rings (SSSR count). The summed E-state index contributed by atoms with van der Waals surface area (Å²) in [4.78, 5) is 12.9. The van der Waals surface area contributed by atoms with E-state index in [0.29, 0.717) is 26.1 Å². The van der Waals surface area contributed by atoms with Gasteiger partial charge >= 0.3 is 0 Å². The number of rotatable bonds is 10. The molecular formula is C19H30N4O3S. The molecule has 1 fully saturated rings. The Bertz CT molecular complexity index is 747. The van der Waals surface area contributed by atoms with Gasteiger partial charge in [-0.15, -0.1) is 0 Å². The van der Waals surface area contributed by atoms with Gasteiger partial charge in [0.05, 0.1) is 11.4 Å². The van der Waals surface area contributed by atoms with Crippen molar-refractivity contribution < 1.29 is 13.2 Å². The summed E-state index contributed by atoms with van der Waals surface area (Å²) in [6.45, 7) is 5.75. The Kier molecular flexibility index (Phi) is 7.65. The number of hydrogen-bond donors (Lipinski definition) is 2. The molecule has 1 heterocycles. The first-order chi connectivity index (χ1) is 12.9. The normalized spacial score (nSPS) is 14.7. The minimum absolute atomic E-state index is 0.0706. The highest BCUT2D eigenvalue weighted by Crippen LogP contribution is 2.21. The molecule has 27 heavy (non-hydrogen) atoms. The van der Waals surface area contributed by atoms with E-state index in [2.05, 4.69) is 12.2 Å². The van der Waals surface area contributed by atoms with Gasteiger partial charge in [-0.25, -0.2) is 12.7 Å². The van der Waals surface area contributed by atoms with Crippen LogP contribution in [0.1, 0.15) is 45.1 Å². The molecule has 0 aromatic heterocycles. The van der Waals surface area contributed by atoms with Gasteiger partial charge in [0.1, 0.15) is 0 Å². The highest BCUT2D eigenvalue weighted by Gasteiger charge is 2.34. The topological polar surface area (TPSA) is 93.6 Å². The van der Waals surface area contributed by atoms with Gasteiger partial charge in [-0.3, -0.25) is 10.2 Å². The van der Waals surface area contributed by atoms with Crippen molar-refractivity contribution in [2.24, 2.45) is 0 Å². The summed E-state index contributed by atoms with van der Waals surface area (Å²) >= 11 is 0. The van der Waals surface area contributed by atoms with Crippen molar-refractivity contribution in [2.45, 2.75) is 50.8 Å². The lowest BCUT2D eigenvalue weighted by molar-refractivity contribution is -0.118. The molecule has 0 aliphatic carbocycles. The molecule has 1 aromatic rings. The molecule has 0 spiro atoms. The third-order valence-corrected chi connectivity index (χ3v) is 6.49. The Morgan fingerprint density at radius 3 is 2.48 bits per heavy atom. The fourth-order valence-electron chi connectivity index (χ4n) is 3.10. The van der Waals surface area contributed by atoms with Crippen LogP contribution in [0.2, 0.25) is 0 Å². The second kappa shape index (κ2) is 9.73. The maximum atomic E-state index is 12.9. The zero-order chi connectivity index (χ0) is 19.9. The largest absolute Gasteiger partial charge is 0.356 e. The molecule has 7 nitrogen and oxygen atoms in total. The second-order valence-corrected chi connectivity index (χ2v) is 8.69. The Morgan fingerprint density at radius 2 is 1.85 bits per heavy atom. The minimum Gasteiger partial charge on any atom is -0.356 e. The van der Waals surface area contributed by atoms with Gasteiger partial charge in [0, 0.05) is 26.6 Å². The van der Waals surface area contributed by atoms with Crippen LogP contribution in [0.25, 0.3) is 0 Å². The highest BCUT2D eigenvalue weighted by atomic mass is 32.2. The third-order valence-electron chi connectivity index (χ3n) is 4.69. The zero-order valence-electron chi connectivity index (χ0n) is 16.2. The first-order valence-electron chi connectivity index (χ1n) is 9.56. The van der Waals surface area contributed by atoms with Gasteiger partial charge in [0.2, 0.25) is 11.9 Å². The van der Waals surface area contributed by atoms with Gasteiger partial charge in [-0.05, 0) is 30.5 Å². The van der Waals surface area contributed by atoms with E-state index in [0.717, 1.165) is 37.8 Å². The molecule has 0 unspecified atom stereocenters. The van der Waals surface area contributed by atoms with E-state index in [1.165, 1.54) is 11.2 Å². The summed E-state index contributed by atoms with van der Waals surface area (Å²) in [6.07, 6.45) is 5.04. The molecule has 8 heteroatoms. The van der Waals surface area contributed by atoms with Crippen LogP contribution in [0.15, 0.2) is 29.2 Å². The van der Waals surface area contributed by atoms with Crippen LogP contribution in [0.3, 0.4) is 0 Å². The predicted octanol–water partition coefficient (Wildman–Crippen LogP) is 2.19. The highest BCUT2D eigenvalue weighted by molar-refractivity contribution is 7.89. The van der Waals surface area contributed by atoms with E-state index in [4.69, 9.17) is 5.41 Å². The molecule has 0 radical (unpaired) electrons. The lowest BCUT2D eigenvalue weighted by Gasteiger charge is -2.21. The number of sulfonamides is 1. The van der Waals surface area contributed by atoms with E-state index >= 15 is 0 Å². The van der Waals surface area contributed by atoms with Gasteiger partial charge in [0.25, 0.3) is 10.0 Å². The predicted molar refractivity (Wildman–Crippen MR) is 106 cm³/mol. The lowest BCUT2D eigenvalue weighted by atomic mass is 10.1.